The summed E-state index contributed by atoms with van der Waals surface area (Å²) < 4.78 is 0. The van der Waals surface area contributed by atoms with Crippen LogP contribution in [0.5, 0.6) is 0 Å². The van der Waals surface area contributed by atoms with Gasteiger partial charge in [0.05, 0.1) is 0 Å². The van der Waals surface area contributed by atoms with E-state index in [0.29, 0.717) is 0 Å². The van der Waals surface area contributed by atoms with Gasteiger partial charge in [0.2, 0.25) is 0 Å². The van der Waals surface area contributed by atoms with Crippen molar-refractivity contribution in [1.29, 1.82) is 0 Å². The van der Waals surface area contributed by atoms with Crippen molar-refractivity contribution in [2.45, 2.75) is 46.5 Å². The summed E-state index contributed by atoms with van der Waals surface area (Å²) >= 11 is 0. The molecule has 1 saturated heterocycles. The summed E-state index contributed by atoms with van der Waals surface area (Å²) in [6, 6.07) is 0. The van der Waals surface area contributed by atoms with E-state index in [4.69, 9.17) is 0 Å². The molecule has 1 atom stereocenters. The molecule has 0 radical (unpaired) electrons. The quantitative estimate of drug-likeness (QED) is 0.718. The van der Waals surface area contributed by atoms with Crippen LogP contribution in [0.25, 0.3) is 0 Å². The molecule has 1 unspecified atom stereocenters. The van der Waals surface area contributed by atoms with Gasteiger partial charge in [-0.25, -0.2) is 0 Å². The molecule has 1 N–H and O–H groups in total. The SMILES string of the molecule is CCCC(C)CNCC1CCN(CC)CC1. The number of nitrogens with one attached hydrogen (secondary N) is 1. The molecule has 0 bridgehead atoms. The minimum Gasteiger partial charge on any atom is -0.316 e. The van der Waals surface area contributed by atoms with E-state index in [-0.39, 0.29) is 0 Å². The topological polar surface area (TPSA) is 15.3 Å². The van der Waals surface area contributed by atoms with Crippen LogP contribution in [0.4, 0.5) is 0 Å². The lowest BCUT2D eigenvalue weighted by atomic mass is 9.96. The van der Waals surface area contributed by atoms with Crippen LogP contribution in [0.3, 0.4) is 0 Å². The van der Waals surface area contributed by atoms with E-state index in [9.17, 15) is 0 Å². The lowest BCUT2D eigenvalue weighted by Gasteiger charge is -2.31. The molecule has 1 aliphatic heterocycles. The van der Waals surface area contributed by atoms with Crippen molar-refractivity contribution < 1.29 is 0 Å². The molecule has 16 heavy (non-hydrogen) atoms. The third-order valence-electron chi connectivity index (χ3n) is 3.86. The minimum atomic E-state index is 0.848. The van der Waals surface area contributed by atoms with Crippen LogP contribution in [0.1, 0.15) is 46.5 Å². The Morgan fingerprint density at radius 3 is 2.50 bits per heavy atom. The maximum atomic E-state index is 3.65. The second-order valence-electron chi connectivity index (χ2n) is 5.43. The summed E-state index contributed by atoms with van der Waals surface area (Å²) in [7, 11) is 0. The van der Waals surface area contributed by atoms with Gasteiger partial charge in [0.1, 0.15) is 0 Å². The highest BCUT2D eigenvalue weighted by Gasteiger charge is 2.17. The normalized spacial score (nSPS) is 21.2. The van der Waals surface area contributed by atoms with Gasteiger partial charge in [-0.2, -0.15) is 0 Å². The van der Waals surface area contributed by atoms with Crippen LogP contribution in [0.2, 0.25) is 0 Å². The number of hydrogen-bond acceptors (Lipinski definition) is 2. The molecule has 0 aromatic carbocycles. The number of nitrogens with zero attached hydrogens (tertiary/aromatic N) is 1. The number of likely N-dealkylation sites (tertiary alicyclic amines) is 1. The highest BCUT2D eigenvalue weighted by atomic mass is 15.1. The molecule has 0 aliphatic carbocycles. The highest BCUT2D eigenvalue weighted by Crippen LogP contribution is 2.16. The van der Waals surface area contributed by atoms with E-state index in [1.54, 1.807) is 0 Å². The van der Waals surface area contributed by atoms with Crippen LogP contribution in [-0.2, 0) is 0 Å². The first-order valence-corrected chi connectivity index (χ1v) is 7.19. The fourth-order valence-corrected chi connectivity index (χ4v) is 2.64. The van der Waals surface area contributed by atoms with Crippen molar-refractivity contribution in [3.8, 4) is 0 Å². The van der Waals surface area contributed by atoms with Crippen molar-refractivity contribution in [2.24, 2.45) is 11.8 Å². The molecule has 96 valence electrons. The van der Waals surface area contributed by atoms with Gasteiger partial charge < -0.3 is 10.2 Å². The molecule has 0 spiro atoms. The van der Waals surface area contributed by atoms with E-state index in [1.165, 1.54) is 58.4 Å². The molecule has 1 aliphatic rings. The predicted octanol–water partition coefficient (Wildman–Crippen LogP) is 2.74. The maximum Gasteiger partial charge on any atom is -0.00157 e. The van der Waals surface area contributed by atoms with Gasteiger partial charge in [-0.1, -0.05) is 27.2 Å². The fraction of sp³-hybridized carbons (Fsp3) is 1.00. The number of rotatable bonds is 7. The third kappa shape index (κ3) is 5.31. The third-order valence-corrected chi connectivity index (χ3v) is 3.86. The zero-order valence-corrected chi connectivity index (χ0v) is 11.5. The Balaban J connectivity index is 2.02. The maximum absolute atomic E-state index is 3.65. The molecular weight excluding hydrogens is 196 g/mol. The average molecular weight is 226 g/mol. The van der Waals surface area contributed by atoms with Gasteiger partial charge in [-0.3, -0.25) is 0 Å². The highest BCUT2D eigenvalue weighted by molar-refractivity contribution is 4.73. The Labute approximate surface area is 102 Å². The standard InChI is InChI=1S/C14H30N2/c1-4-6-13(3)11-15-12-14-7-9-16(5-2)10-8-14/h13-15H,4-12H2,1-3H3. The van der Waals surface area contributed by atoms with E-state index in [2.05, 4.69) is 31.0 Å². The van der Waals surface area contributed by atoms with Gasteiger partial charge in [-0.05, 0) is 63.8 Å². The Morgan fingerprint density at radius 2 is 1.94 bits per heavy atom. The second kappa shape index (κ2) is 8.08. The molecule has 1 fully saturated rings. The first kappa shape index (κ1) is 14.0. The van der Waals surface area contributed by atoms with Crippen LogP contribution < -0.4 is 5.32 Å². The van der Waals surface area contributed by atoms with Crippen LogP contribution in [0, 0.1) is 11.8 Å². The molecular formula is C14H30N2. The summed E-state index contributed by atoms with van der Waals surface area (Å²) in [5.41, 5.74) is 0. The summed E-state index contributed by atoms with van der Waals surface area (Å²) in [5, 5.41) is 3.65. The van der Waals surface area contributed by atoms with Crippen LogP contribution in [-0.4, -0.2) is 37.6 Å². The zero-order chi connectivity index (χ0) is 11.8. The predicted molar refractivity (Wildman–Crippen MR) is 71.8 cm³/mol. The van der Waals surface area contributed by atoms with Gasteiger partial charge in [-0.15, -0.1) is 0 Å². The van der Waals surface area contributed by atoms with E-state index in [1.807, 2.05) is 0 Å². The Bertz CT molecular complexity index is 162. The van der Waals surface area contributed by atoms with E-state index >= 15 is 0 Å². The first-order chi connectivity index (χ1) is 7.76. The largest absolute Gasteiger partial charge is 0.316 e. The van der Waals surface area contributed by atoms with Crippen molar-refractivity contribution in [3.05, 3.63) is 0 Å². The molecule has 0 aromatic heterocycles. The Hall–Kier alpha value is -0.0800. The lowest BCUT2D eigenvalue weighted by molar-refractivity contribution is 0.189. The summed E-state index contributed by atoms with van der Waals surface area (Å²) in [5.74, 6) is 1.78. The van der Waals surface area contributed by atoms with Crippen molar-refractivity contribution in [3.63, 3.8) is 0 Å². The molecule has 2 heteroatoms. The second-order valence-corrected chi connectivity index (χ2v) is 5.43. The van der Waals surface area contributed by atoms with E-state index in [0.717, 1.165) is 11.8 Å². The molecule has 0 aromatic rings. The number of piperidine rings is 1. The van der Waals surface area contributed by atoms with Gasteiger partial charge >= 0.3 is 0 Å². The molecule has 0 saturated carbocycles. The fourth-order valence-electron chi connectivity index (χ4n) is 2.64. The summed E-state index contributed by atoms with van der Waals surface area (Å²) in [4.78, 5) is 2.57. The summed E-state index contributed by atoms with van der Waals surface area (Å²) in [6.45, 7) is 13.2. The zero-order valence-electron chi connectivity index (χ0n) is 11.5. The van der Waals surface area contributed by atoms with Crippen LogP contribution >= 0.6 is 0 Å². The number of hydrogen-bond donors (Lipinski definition) is 1. The molecule has 1 rings (SSSR count). The van der Waals surface area contributed by atoms with E-state index < -0.39 is 0 Å². The Morgan fingerprint density at radius 1 is 1.25 bits per heavy atom. The molecule has 1 heterocycles. The summed E-state index contributed by atoms with van der Waals surface area (Å²) in [6.07, 6.45) is 5.46. The average Bonchev–Trinajstić information content (AvgIpc) is 2.30. The van der Waals surface area contributed by atoms with Crippen LogP contribution in [0.15, 0.2) is 0 Å². The first-order valence-electron chi connectivity index (χ1n) is 7.19. The van der Waals surface area contributed by atoms with Crippen molar-refractivity contribution in [2.75, 3.05) is 32.7 Å². The van der Waals surface area contributed by atoms with Crippen molar-refractivity contribution >= 4 is 0 Å². The van der Waals surface area contributed by atoms with Gasteiger partial charge in [0.15, 0.2) is 0 Å². The monoisotopic (exact) mass is 226 g/mol. The van der Waals surface area contributed by atoms with Gasteiger partial charge in [0, 0.05) is 0 Å². The van der Waals surface area contributed by atoms with Crippen molar-refractivity contribution in [1.82, 2.24) is 10.2 Å². The Kier molecular flexibility index (Phi) is 7.06. The van der Waals surface area contributed by atoms with Gasteiger partial charge in [0.25, 0.3) is 0 Å². The smallest absolute Gasteiger partial charge is 0.00157 e. The minimum absolute atomic E-state index is 0.848. The lowest BCUT2D eigenvalue weighted by Crippen LogP contribution is -2.37. The molecule has 2 nitrogen and oxygen atoms in total. The molecule has 0 amide bonds.